The molecular weight excluding hydrogens is 398 g/mol. The van der Waals surface area contributed by atoms with Crippen LogP contribution in [0.25, 0.3) is 0 Å². The van der Waals surface area contributed by atoms with E-state index in [-0.39, 0.29) is 30.3 Å². The summed E-state index contributed by atoms with van der Waals surface area (Å²) in [7, 11) is 0. The van der Waals surface area contributed by atoms with Gasteiger partial charge in [0.25, 0.3) is 0 Å². The fraction of sp³-hybridized carbons (Fsp3) is 0.870. The third kappa shape index (κ3) is 4.03. The Hall–Kier alpha value is -1.83. The predicted molar refractivity (Wildman–Crippen MR) is 115 cm³/mol. The number of ketones is 1. The number of carboxylic acid groups (broad SMARTS) is 1. The van der Waals surface area contributed by atoms with E-state index in [2.05, 4.69) is 10.6 Å². The normalized spacial score (nSPS) is 39.3. The molecule has 0 spiro atoms. The molecule has 4 aliphatic carbocycles. The fourth-order valence-corrected chi connectivity index (χ4v) is 7.50. The van der Waals surface area contributed by atoms with Crippen molar-refractivity contribution in [2.24, 2.45) is 23.2 Å². The van der Waals surface area contributed by atoms with Crippen molar-refractivity contribution < 1.29 is 24.2 Å². The lowest BCUT2D eigenvalue weighted by atomic mass is 9.45. The largest absolute Gasteiger partial charge is 0.465 e. The molecule has 2 amide bonds. The van der Waals surface area contributed by atoms with E-state index in [1.54, 1.807) is 27.7 Å². The molecule has 1 aliphatic heterocycles. The average molecular weight is 436 g/mol. The topological polar surface area (TPSA) is 108 Å². The van der Waals surface area contributed by atoms with Gasteiger partial charge in [0, 0.05) is 19.1 Å². The van der Waals surface area contributed by atoms with E-state index >= 15 is 0 Å². The molecule has 0 aromatic heterocycles. The molecule has 2 atom stereocenters. The number of rotatable bonds is 4. The van der Waals surface area contributed by atoms with Crippen LogP contribution in [0.2, 0.25) is 0 Å². The maximum atomic E-state index is 13.6. The number of Topliss-reactive ketones (excluding diaryl/α,β-unsaturated/α-hetero) is 1. The molecule has 174 valence electrons. The van der Waals surface area contributed by atoms with Gasteiger partial charge in [-0.25, -0.2) is 9.59 Å². The molecule has 5 aliphatic rings. The minimum Gasteiger partial charge on any atom is -0.465 e. The maximum Gasteiger partial charge on any atom is 0.408 e. The predicted octanol–water partition coefficient (Wildman–Crippen LogP) is 3.01. The molecule has 0 aromatic rings. The van der Waals surface area contributed by atoms with E-state index in [1.165, 1.54) is 24.2 Å². The Morgan fingerprint density at radius 3 is 2.13 bits per heavy atom. The van der Waals surface area contributed by atoms with Crippen molar-refractivity contribution in [2.45, 2.75) is 83.4 Å². The molecule has 4 saturated carbocycles. The third-order valence-corrected chi connectivity index (χ3v) is 8.09. The van der Waals surface area contributed by atoms with Crippen LogP contribution in [0.4, 0.5) is 9.59 Å². The lowest BCUT2D eigenvalue weighted by Crippen LogP contribution is -2.76. The number of hydrogen-bond donors (Lipinski definition) is 3. The van der Waals surface area contributed by atoms with Crippen LogP contribution in [0.3, 0.4) is 0 Å². The van der Waals surface area contributed by atoms with Gasteiger partial charge in [-0.15, -0.1) is 0 Å². The number of carbonyl (C=O) groups is 3. The van der Waals surface area contributed by atoms with Crippen molar-refractivity contribution in [1.29, 1.82) is 0 Å². The van der Waals surface area contributed by atoms with Gasteiger partial charge in [-0.05, 0) is 89.4 Å². The minimum absolute atomic E-state index is 0.0564. The quantitative estimate of drug-likeness (QED) is 0.627. The van der Waals surface area contributed by atoms with Crippen LogP contribution in [0, 0.1) is 23.2 Å². The Balaban J connectivity index is 1.59. The summed E-state index contributed by atoms with van der Waals surface area (Å²) in [4.78, 5) is 39.2. The highest BCUT2D eigenvalue weighted by molar-refractivity contribution is 5.95. The average Bonchev–Trinajstić information content (AvgIpc) is 2.63. The number of nitrogens with one attached hydrogen (secondary N) is 2. The van der Waals surface area contributed by atoms with Crippen LogP contribution in [-0.2, 0) is 9.53 Å². The third-order valence-electron chi connectivity index (χ3n) is 8.09. The second-order valence-corrected chi connectivity index (χ2v) is 11.5. The number of nitrogens with zero attached hydrogens (tertiary/aromatic N) is 1. The van der Waals surface area contributed by atoms with Crippen molar-refractivity contribution in [3.8, 4) is 0 Å². The van der Waals surface area contributed by atoms with Gasteiger partial charge in [0.05, 0.1) is 6.54 Å². The summed E-state index contributed by atoms with van der Waals surface area (Å²) in [6.45, 7) is 7.59. The highest BCUT2D eigenvalue weighted by Crippen LogP contribution is 2.63. The van der Waals surface area contributed by atoms with Crippen LogP contribution in [0.15, 0.2) is 0 Å². The monoisotopic (exact) mass is 435 g/mol. The van der Waals surface area contributed by atoms with Crippen molar-refractivity contribution in [2.75, 3.05) is 19.6 Å². The first-order chi connectivity index (χ1) is 14.4. The van der Waals surface area contributed by atoms with E-state index in [0.717, 1.165) is 19.3 Å². The van der Waals surface area contributed by atoms with Crippen LogP contribution >= 0.6 is 0 Å². The zero-order valence-corrected chi connectivity index (χ0v) is 19.2. The van der Waals surface area contributed by atoms with Crippen molar-refractivity contribution in [3.05, 3.63) is 0 Å². The number of piperazine rings is 1. The van der Waals surface area contributed by atoms with Crippen molar-refractivity contribution >= 4 is 18.0 Å². The summed E-state index contributed by atoms with van der Waals surface area (Å²) in [5.41, 5.74) is -1.96. The number of carbonyl (C=O) groups excluding carboxylic acids is 2. The van der Waals surface area contributed by atoms with Crippen LogP contribution in [0.1, 0.15) is 66.2 Å². The van der Waals surface area contributed by atoms with Gasteiger partial charge < -0.3 is 20.5 Å². The van der Waals surface area contributed by atoms with E-state index in [9.17, 15) is 19.5 Å². The van der Waals surface area contributed by atoms with Gasteiger partial charge in [0.15, 0.2) is 5.78 Å². The van der Waals surface area contributed by atoms with Gasteiger partial charge in [-0.2, -0.15) is 0 Å². The Morgan fingerprint density at radius 1 is 1.10 bits per heavy atom. The van der Waals surface area contributed by atoms with E-state index in [0.29, 0.717) is 24.3 Å². The van der Waals surface area contributed by atoms with Gasteiger partial charge >= 0.3 is 12.2 Å². The summed E-state index contributed by atoms with van der Waals surface area (Å²) in [6, 6.07) is -0.244. The lowest BCUT2D eigenvalue weighted by molar-refractivity contribution is -0.147. The molecule has 3 N–H and O–H groups in total. The number of alkyl carbamates (subject to hydrolysis) is 1. The molecule has 2 unspecified atom stereocenters. The summed E-state index contributed by atoms with van der Waals surface area (Å²) in [5, 5.41) is 16.1. The second-order valence-electron chi connectivity index (χ2n) is 11.5. The first-order valence-electron chi connectivity index (χ1n) is 11.7. The van der Waals surface area contributed by atoms with E-state index in [1.807, 2.05) is 0 Å². The SMILES string of the molecule is CC(C)(C)OC(=O)NCC(=O)C1(C)C(C23CC4CC(CC(C4)C2)C3)NCCN1C(=O)O. The smallest absolute Gasteiger partial charge is 0.408 e. The van der Waals surface area contributed by atoms with Crippen molar-refractivity contribution in [1.82, 2.24) is 15.5 Å². The van der Waals surface area contributed by atoms with Crippen molar-refractivity contribution in [3.63, 3.8) is 0 Å². The summed E-state index contributed by atoms with van der Waals surface area (Å²) in [5.74, 6) is 1.78. The molecule has 4 bridgehead atoms. The summed E-state index contributed by atoms with van der Waals surface area (Å²) >= 11 is 0. The highest BCUT2D eigenvalue weighted by atomic mass is 16.6. The van der Waals surface area contributed by atoms with E-state index in [4.69, 9.17) is 4.74 Å². The second kappa shape index (κ2) is 7.64. The number of amides is 2. The first-order valence-corrected chi connectivity index (χ1v) is 11.7. The van der Waals surface area contributed by atoms with E-state index < -0.39 is 23.3 Å². The maximum absolute atomic E-state index is 13.6. The molecule has 8 nitrogen and oxygen atoms in total. The Kier molecular flexibility index (Phi) is 5.51. The molecule has 5 fully saturated rings. The zero-order valence-electron chi connectivity index (χ0n) is 19.2. The minimum atomic E-state index is -1.23. The summed E-state index contributed by atoms with van der Waals surface area (Å²) < 4.78 is 5.26. The lowest BCUT2D eigenvalue weighted by Gasteiger charge is -2.64. The van der Waals surface area contributed by atoms with Crippen LogP contribution < -0.4 is 10.6 Å². The molecule has 5 rings (SSSR count). The molecule has 1 saturated heterocycles. The van der Waals surface area contributed by atoms with Gasteiger partial charge in [-0.3, -0.25) is 9.69 Å². The molecule has 8 heteroatoms. The van der Waals surface area contributed by atoms with Gasteiger partial charge in [0.1, 0.15) is 11.1 Å². The number of ether oxygens (including phenoxy) is 1. The molecule has 0 radical (unpaired) electrons. The first kappa shape index (κ1) is 22.4. The molecule has 31 heavy (non-hydrogen) atoms. The molecular formula is C23H37N3O5. The Bertz CT molecular complexity index is 726. The van der Waals surface area contributed by atoms with Gasteiger partial charge in [0.2, 0.25) is 0 Å². The Morgan fingerprint density at radius 2 is 1.65 bits per heavy atom. The standard InChI is InChI=1S/C23H37N3O5/c1-21(2,3)31-19(28)25-13-17(27)22(4)18(24-5-6-26(22)20(29)30)23-10-14-7-15(11-23)9-16(8-14)12-23/h14-16,18,24H,5-13H2,1-4H3,(H,25,28)(H,29,30). The zero-order chi connectivity index (χ0) is 22.6. The molecule has 0 aromatic carbocycles. The van der Waals surface area contributed by atoms with Crippen LogP contribution in [-0.4, -0.2) is 64.8 Å². The highest BCUT2D eigenvalue weighted by Gasteiger charge is 2.62. The van der Waals surface area contributed by atoms with Crippen LogP contribution in [0.5, 0.6) is 0 Å². The van der Waals surface area contributed by atoms with Gasteiger partial charge in [-0.1, -0.05) is 0 Å². The number of hydrogen-bond acceptors (Lipinski definition) is 5. The Labute approximate surface area is 184 Å². The molecule has 1 heterocycles. The summed E-state index contributed by atoms with van der Waals surface area (Å²) in [6.07, 6.45) is 5.27. The fourth-order valence-electron chi connectivity index (χ4n) is 7.50.